The van der Waals surface area contributed by atoms with Gasteiger partial charge in [-0.25, -0.2) is 0 Å². The van der Waals surface area contributed by atoms with E-state index in [9.17, 15) is 4.79 Å². The van der Waals surface area contributed by atoms with Crippen molar-refractivity contribution in [2.75, 3.05) is 47.5 Å². The van der Waals surface area contributed by atoms with E-state index in [1.54, 1.807) is 11.0 Å². The lowest BCUT2D eigenvalue weighted by Gasteiger charge is -2.29. The standard InChI is InChI=1S/C18H28N2O5/c1-6-12(2)25-15-13(18(21)20-9-7-19-8-10-20)11-14(22-3)16(23-4)17(15)24-5/h11-12,19H,6-10H2,1-5H3. The van der Waals surface area contributed by atoms with Gasteiger partial charge in [0.2, 0.25) is 11.5 Å². The lowest BCUT2D eigenvalue weighted by Crippen LogP contribution is -2.46. The number of nitrogens with one attached hydrogen (secondary N) is 1. The third-order valence-corrected chi connectivity index (χ3v) is 4.31. The third-order valence-electron chi connectivity index (χ3n) is 4.31. The maximum atomic E-state index is 13.1. The summed E-state index contributed by atoms with van der Waals surface area (Å²) in [7, 11) is 4.59. The molecule has 1 fully saturated rings. The van der Waals surface area contributed by atoms with Gasteiger partial charge in [-0.3, -0.25) is 4.79 Å². The Kier molecular flexibility index (Phi) is 6.75. The van der Waals surface area contributed by atoms with Gasteiger partial charge >= 0.3 is 0 Å². The Labute approximate surface area is 149 Å². The van der Waals surface area contributed by atoms with Gasteiger partial charge in [0.15, 0.2) is 11.5 Å². The van der Waals surface area contributed by atoms with Crippen LogP contribution < -0.4 is 24.3 Å². The van der Waals surface area contributed by atoms with Crippen LogP contribution in [-0.2, 0) is 0 Å². The van der Waals surface area contributed by atoms with E-state index in [0.717, 1.165) is 19.5 Å². The van der Waals surface area contributed by atoms with Crippen LogP contribution in [0.5, 0.6) is 23.0 Å². The van der Waals surface area contributed by atoms with E-state index in [1.807, 2.05) is 13.8 Å². The first-order valence-electron chi connectivity index (χ1n) is 8.56. The highest BCUT2D eigenvalue weighted by atomic mass is 16.5. The molecule has 0 aromatic heterocycles. The largest absolute Gasteiger partial charge is 0.493 e. The fraction of sp³-hybridized carbons (Fsp3) is 0.611. The fourth-order valence-electron chi connectivity index (χ4n) is 2.73. The molecule has 1 unspecified atom stereocenters. The van der Waals surface area contributed by atoms with Gasteiger partial charge in [0.25, 0.3) is 5.91 Å². The normalized spacial score (nSPS) is 15.5. The van der Waals surface area contributed by atoms with Crippen molar-refractivity contribution in [3.63, 3.8) is 0 Å². The molecule has 1 atom stereocenters. The van der Waals surface area contributed by atoms with Crippen molar-refractivity contribution in [3.05, 3.63) is 11.6 Å². The van der Waals surface area contributed by atoms with Crippen molar-refractivity contribution in [3.8, 4) is 23.0 Å². The van der Waals surface area contributed by atoms with Crippen molar-refractivity contribution in [1.29, 1.82) is 0 Å². The highest BCUT2D eigenvalue weighted by molar-refractivity contribution is 5.99. The second-order valence-electron chi connectivity index (χ2n) is 5.90. The van der Waals surface area contributed by atoms with Crippen LogP contribution in [0.15, 0.2) is 6.07 Å². The molecule has 0 aliphatic carbocycles. The number of hydrogen-bond donors (Lipinski definition) is 1. The smallest absolute Gasteiger partial charge is 0.258 e. The molecule has 7 heteroatoms. The monoisotopic (exact) mass is 352 g/mol. The summed E-state index contributed by atoms with van der Waals surface area (Å²) in [5.74, 6) is 1.53. The van der Waals surface area contributed by atoms with Crippen LogP contribution in [0, 0.1) is 0 Å². The fourth-order valence-corrected chi connectivity index (χ4v) is 2.73. The second-order valence-corrected chi connectivity index (χ2v) is 5.90. The summed E-state index contributed by atoms with van der Waals surface area (Å²) in [5, 5.41) is 3.25. The number of methoxy groups -OCH3 is 3. The van der Waals surface area contributed by atoms with E-state index in [1.165, 1.54) is 21.3 Å². The van der Waals surface area contributed by atoms with Crippen LogP contribution in [0.1, 0.15) is 30.6 Å². The Morgan fingerprint density at radius 2 is 1.76 bits per heavy atom. The highest BCUT2D eigenvalue weighted by Gasteiger charge is 2.29. The van der Waals surface area contributed by atoms with Crippen LogP contribution in [0.3, 0.4) is 0 Å². The number of rotatable bonds is 7. The minimum Gasteiger partial charge on any atom is -0.493 e. The van der Waals surface area contributed by atoms with Crippen molar-refractivity contribution in [1.82, 2.24) is 10.2 Å². The van der Waals surface area contributed by atoms with E-state index in [2.05, 4.69) is 5.32 Å². The first kappa shape index (κ1) is 19.2. The third kappa shape index (κ3) is 4.10. The second kappa shape index (κ2) is 8.80. The molecule has 0 radical (unpaired) electrons. The molecule has 7 nitrogen and oxygen atoms in total. The average Bonchev–Trinajstić information content (AvgIpc) is 2.67. The van der Waals surface area contributed by atoms with Crippen molar-refractivity contribution >= 4 is 5.91 Å². The minimum absolute atomic E-state index is 0.0680. The van der Waals surface area contributed by atoms with E-state index < -0.39 is 0 Å². The molecule has 1 heterocycles. The number of amides is 1. The van der Waals surface area contributed by atoms with Gasteiger partial charge in [-0.15, -0.1) is 0 Å². The first-order valence-corrected chi connectivity index (χ1v) is 8.56. The maximum Gasteiger partial charge on any atom is 0.258 e. The van der Waals surface area contributed by atoms with Gasteiger partial charge in [-0.05, 0) is 13.3 Å². The summed E-state index contributed by atoms with van der Waals surface area (Å²) in [6.45, 7) is 6.83. The van der Waals surface area contributed by atoms with Crippen molar-refractivity contribution in [2.45, 2.75) is 26.4 Å². The van der Waals surface area contributed by atoms with Crippen LogP contribution >= 0.6 is 0 Å². The Morgan fingerprint density at radius 3 is 2.28 bits per heavy atom. The maximum absolute atomic E-state index is 13.1. The van der Waals surface area contributed by atoms with Gasteiger partial charge in [-0.1, -0.05) is 6.92 Å². The van der Waals surface area contributed by atoms with Crippen LogP contribution in [-0.4, -0.2) is 64.4 Å². The van der Waals surface area contributed by atoms with Crippen molar-refractivity contribution < 1.29 is 23.7 Å². The number of nitrogens with zero attached hydrogens (tertiary/aromatic N) is 1. The molecule has 2 rings (SSSR count). The summed E-state index contributed by atoms with van der Waals surface area (Å²) in [6.07, 6.45) is 0.736. The van der Waals surface area contributed by atoms with Gasteiger partial charge in [0.05, 0.1) is 33.0 Å². The van der Waals surface area contributed by atoms with Crippen LogP contribution in [0.2, 0.25) is 0 Å². The summed E-state index contributed by atoms with van der Waals surface area (Å²) in [5.41, 5.74) is 0.428. The number of ether oxygens (including phenoxy) is 4. The minimum atomic E-state index is -0.0981. The molecular formula is C18H28N2O5. The SMILES string of the molecule is CCC(C)Oc1c(C(=O)N2CCNCC2)cc(OC)c(OC)c1OC. The Morgan fingerprint density at radius 1 is 1.12 bits per heavy atom. The highest BCUT2D eigenvalue weighted by Crippen LogP contribution is 2.47. The summed E-state index contributed by atoms with van der Waals surface area (Å²) < 4.78 is 22.4. The zero-order chi connectivity index (χ0) is 18.4. The van der Waals surface area contributed by atoms with Crippen LogP contribution in [0.4, 0.5) is 0 Å². The number of piperazine rings is 1. The summed E-state index contributed by atoms with van der Waals surface area (Å²) in [6, 6.07) is 1.67. The number of benzene rings is 1. The predicted octanol–water partition coefficient (Wildman–Crippen LogP) is 1.94. The molecule has 140 valence electrons. The van der Waals surface area contributed by atoms with E-state index in [4.69, 9.17) is 18.9 Å². The molecule has 1 aliphatic rings. The topological polar surface area (TPSA) is 69.3 Å². The van der Waals surface area contributed by atoms with E-state index in [0.29, 0.717) is 41.7 Å². The molecule has 0 saturated carbocycles. The summed E-state index contributed by atoms with van der Waals surface area (Å²) in [4.78, 5) is 14.9. The molecule has 0 spiro atoms. The van der Waals surface area contributed by atoms with E-state index >= 15 is 0 Å². The predicted molar refractivity (Wildman–Crippen MR) is 95.3 cm³/mol. The lowest BCUT2D eigenvalue weighted by atomic mass is 10.1. The Hall–Kier alpha value is -2.15. The van der Waals surface area contributed by atoms with Gasteiger partial charge in [0, 0.05) is 32.2 Å². The summed E-state index contributed by atoms with van der Waals surface area (Å²) >= 11 is 0. The zero-order valence-corrected chi connectivity index (χ0v) is 15.7. The Bertz CT molecular complexity index is 600. The van der Waals surface area contributed by atoms with Gasteiger partial charge in [0.1, 0.15) is 0 Å². The number of carbonyl (C=O) groups is 1. The molecule has 1 saturated heterocycles. The molecule has 1 aliphatic heterocycles. The Balaban J connectivity index is 2.55. The molecule has 1 N–H and O–H groups in total. The van der Waals surface area contributed by atoms with Gasteiger partial charge < -0.3 is 29.2 Å². The lowest BCUT2D eigenvalue weighted by molar-refractivity contribution is 0.0727. The molecule has 0 bridgehead atoms. The van der Waals surface area contributed by atoms with Crippen molar-refractivity contribution in [2.24, 2.45) is 0 Å². The zero-order valence-electron chi connectivity index (χ0n) is 15.7. The van der Waals surface area contributed by atoms with Crippen LogP contribution in [0.25, 0.3) is 0 Å². The molecule has 25 heavy (non-hydrogen) atoms. The number of carbonyl (C=O) groups excluding carboxylic acids is 1. The van der Waals surface area contributed by atoms with E-state index in [-0.39, 0.29) is 12.0 Å². The molecule has 1 aromatic carbocycles. The molecular weight excluding hydrogens is 324 g/mol. The number of hydrogen-bond acceptors (Lipinski definition) is 6. The molecule has 1 amide bonds. The first-order chi connectivity index (χ1) is 12.1. The quantitative estimate of drug-likeness (QED) is 0.809. The van der Waals surface area contributed by atoms with Gasteiger partial charge in [-0.2, -0.15) is 0 Å². The molecule has 1 aromatic rings. The average molecular weight is 352 g/mol.